The Balaban J connectivity index is 1.72. The normalized spacial score (nSPS) is 25.5. The minimum atomic E-state index is -4.89. The van der Waals surface area contributed by atoms with E-state index in [0.29, 0.717) is 49.4 Å². The molecule has 1 aromatic carbocycles. The number of hydrogen-bond acceptors (Lipinski definition) is 5. The van der Waals surface area contributed by atoms with E-state index in [-0.39, 0.29) is 17.8 Å². The average Bonchev–Trinajstić information content (AvgIpc) is 2.91. The van der Waals surface area contributed by atoms with Crippen LogP contribution in [-0.2, 0) is 9.59 Å². The molecule has 3 aliphatic rings. The van der Waals surface area contributed by atoms with Crippen molar-refractivity contribution >= 4 is 35.0 Å². The molecular formula is C29H37F4N5O2. The van der Waals surface area contributed by atoms with E-state index in [0.717, 1.165) is 24.8 Å². The fourth-order valence-electron chi connectivity index (χ4n) is 5.53. The topological polar surface area (TPSA) is 68.2 Å². The maximum absolute atomic E-state index is 15.7. The van der Waals surface area contributed by atoms with Crippen molar-refractivity contribution in [2.45, 2.75) is 64.8 Å². The molecule has 0 bridgehead atoms. The summed E-state index contributed by atoms with van der Waals surface area (Å²) in [4.78, 5) is 34.7. The van der Waals surface area contributed by atoms with E-state index >= 15 is 4.39 Å². The Morgan fingerprint density at radius 3 is 2.45 bits per heavy atom. The number of piperazine rings is 1. The maximum atomic E-state index is 15.7. The smallest absolute Gasteiger partial charge is 0.367 e. The number of benzene rings is 1. The van der Waals surface area contributed by atoms with Crippen molar-refractivity contribution in [3.05, 3.63) is 41.2 Å². The molecule has 2 amide bonds. The van der Waals surface area contributed by atoms with Crippen LogP contribution in [0.1, 0.15) is 46.1 Å². The summed E-state index contributed by atoms with van der Waals surface area (Å²) in [5, 5.41) is 2.64. The van der Waals surface area contributed by atoms with Crippen LogP contribution in [0, 0.1) is 11.7 Å². The van der Waals surface area contributed by atoms with Crippen LogP contribution in [0.2, 0.25) is 0 Å². The van der Waals surface area contributed by atoms with Crippen LogP contribution in [0.25, 0.3) is 5.57 Å². The molecule has 7 nitrogen and oxygen atoms in total. The van der Waals surface area contributed by atoms with Gasteiger partial charge in [-0.2, -0.15) is 13.2 Å². The first-order chi connectivity index (χ1) is 18.8. The fourth-order valence-corrected chi connectivity index (χ4v) is 5.53. The highest BCUT2D eigenvalue weighted by atomic mass is 19.4. The summed E-state index contributed by atoms with van der Waals surface area (Å²) in [5.74, 6) is -4.31. The van der Waals surface area contributed by atoms with E-state index < -0.39 is 35.3 Å². The predicted molar refractivity (Wildman–Crippen MR) is 149 cm³/mol. The second-order valence-electron chi connectivity index (χ2n) is 11.0. The van der Waals surface area contributed by atoms with Crippen molar-refractivity contribution in [2.24, 2.45) is 10.9 Å². The summed E-state index contributed by atoms with van der Waals surface area (Å²) in [5.41, 5.74) is 0.454. The van der Waals surface area contributed by atoms with E-state index in [2.05, 4.69) is 34.0 Å². The molecule has 2 unspecified atom stereocenters. The van der Waals surface area contributed by atoms with Gasteiger partial charge in [0, 0.05) is 62.2 Å². The summed E-state index contributed by atoms with van der Waals surface area (Å²) < 4.78 is 56.8. The number of carbonyl (C=O) groups is 2. The van der Waals surface area contributed by atoms with Crippen molar-refractivity contribution < 1.29 is 27.2 Å². The average molecular weight is 564 g/mol. The molecule has 0 spiro atoms. The first-order valence-corrected chi connectivity index (χ1v) is 13.7. The maximum Gasteiger partial charge on any atom is 0.414 e. The van der Waals surface area contributed by atoms with E-state index in [1.165, 1.54) is 12.1 Å². The minimum absolute atomic E-state index is 0.124. The van der Waals surface area contributed by atoms with Gasteiger partial charge in [-0.3, -0.25) is 19.4 Å². The highest BCUT2D eigenvalue weighted by molar-refractivity contribution is 6.11. The van der Waals surface area contributed by atoms with Crippen LogP contribution in [-0.4, -0.2) is 85.4 Å². The van der Waals surface area contributed by atoms with Gasteiger partial charge in [-0.25, -0.2) is 9.38 Å². The Morgan fingerprint density at radius 1 is 1.20 bits per heavy atom. The van der Waals surface area contributed by atoms with Gasteiger partial charge in [0.2, 0.25) is 5.91 Å². The van der Waals surface area contributed by atoms with Crippen molar-refractivity contribution in [1.29, 1.82) is 0 Å². The molecule has 4 atom stereocenters. The number of rotatable bonds is 6. The van der Waals surface area contributed by atoms with E-state index in [4.69, 9.17) is 0 Å². The largest absolute Gasteiger partial charge is 0.414 e. The fraction of sp³-hybridized carbons (Fsp3) is 0.552. The number of dihydropyridines is 1. The van der Waals surface area contributed by atoms with Gasteiger partial charge in [0.15, 0.2) is 0 Å². The van der Waals surface area contributed by atoms with Gasteiger partial charge in [-0.15, -0.1) is 0 Å². The summed E-state index contributed by atoms with van der Waals surface area (Å²) in [6, 6.07) is 3.54. The zero-order valence-electron chi connectivity index (χ0n) is 23.6. The number of anilines is 2. The number of aliphatic imine (C=N–C) groups is 1. The molecule has 1 aromatic rings. The number of alkyl halides is 3. The van der Waals surface area contributed by atoms with Gasteiger partial charge < -0.3 is 10.2 Å². The lowest BCUT2D eigenvalue weighted by atomic mass is 9.94. The summed E-state index contributed by atoms with van der Waals surface area (Å²) in [6.07, 6.45) is -0.247. The lowest BCUT2D eigenvalue weighted by Crippen LogP contribution is -2.55. The van der Waals surface area contributed by atoms with Crippen LogP contribution in [0.15, 0.2) is 34.9 Å². The molecule has 1 fully saturated rings. The van der Waals surface area contributed by atoms with Crippen molar-refractivity contribution in [1.82, 2.24) is 9.80 Å². The van der Waals surface area contributed by atoms with Crippen molar-refractivity contribution in [3.8, 4) is 0 Å². The summed E-state index contributed by atoms with van der Waals surface area (Å²) in [7, 11) is 2.01. The Labute approximate surface area is 232 Å². The number of nitrogens with zero attached hydrogens (tertiary/aromatic N) is 4. The quantitative estimate of drug-likeness (QED) is 0.499. The van der Waals surface area contributed by atoms with Gasteiger partial charge in [0.05, 0.1) is 16.9 Å². The Morgan fingerprint density at radius 2 is 1.88 bits per heavy atom. The Bertz CT molecular complexity index is 1230. The monoisotopic (exact) mass is 563 g/mol. The summed E-state index contributed by atoms with van der Waals surface area (Å²) in [6.45, 7) is 10.8. The third kappa shape index (κ3) is 6.30. The van der Waals surface area contributed by atoms with Crippen molar-refractivity contribution in [3.63, 3.8) is 0 Å². The molecule has 0 aromatic heterocycles. The molecule has 40 heavy (non-hydrogen) atoms. The number of halogens is 4. The SMILES string of the molecule is CCC(C)N1CC=C(c2cc(NC(=O)C3C=NC(=O)C=C3C(F)(F)F)c(N3C[C@@H](C)N(C)[C@@H](C)C3)cc2F)CC1. The third-order valence-electron chi connectivity index (χ3n) is 8.42. The van der Waals surface area contributed by atoms with Gasteiger partial charge in [0.1, 0.15) is 11.7 Å². The zero-order valence-corrected chi connectivity index (χ0v) is 23.6. The number of amides is 2. The van der Waals surface area contributed by atoms with Gasteiger partial charge in [-0.05, 0) is 58.4 Å². The number of carbonyl (C=O) groups excluding carboxylic acids is 2. The number of nitrogens with one attached hydrogen (secondary N) is 1. The second-order valence-corrected chi connectivity index (χ2v) is 11.0. The Hall–Kier alpha value is -3.05. The van der Waals surface area contributed by atoms with Crippen LogP contribution in [0.5, 0.6) is 0 Å². The van der Waals surface area contributed by atoms with E-state index in [9.17, 15) is 22.8 Å². The van der Waals surface area contributed by atoms with Gasteiger partial charge in [-0.1, -0.05) is 13.0 Å². The third-order valence-corrected chi connectivity index (χ3v) is 8.42. The molecule has 1 saturated heterocycles. The molecule has 11 heteroatoms. The molecule has 1 N–H and O–H groups in total. The molecular weight excluding hydrogens is 526 g/mol. The van der Waals surface area contributed by atoms with Gasteiger partial charge in [0.25, 0.3) is 5.91 Å². The number of likely N-dealkylation sites (N-methyl/N-ethyl adjacent to an activating group) is 1. The first kappa shape index (κ1) is 29.9. The molecule has 0 saturated carbocycles. The highest BCUT2D eigenvalue weighted by Gasteiger charge is 2.43. The molecule has 0 radical (unpaired) electrons. The first-order valence-electron chi connectivity index (χ1n) is 13.7. The number of hydrogen-bond donors (Lipinski definition) is 1. The highest BCUT2D eigenvalue weighted by Crippen LogP contribution is 2.38. The van der Waals surface area contributed by atoms with E-state index in [1.54, 1.807) is 0 Å². The van der Waals surface area contributed by atoms with Gasteiger partial charge >= 0.3 is 6.18 Å². The van der Waals surface area contributed by atoms with Crippen LogP contribution < -0.4 is 10.2 Å². The molecule has 3 aliphatic heterocycles. The Kier molecular flexibility index (Phi) is 8.84. The summed E-state index contributed by atoms with van der Waals surface area (Å²) >= 11 is 0. The lowest BCUT2D eigenvalue weighted by Gasteiger charge is -2.44. The van der Waals surface area contributed by atoms with Crippen LogP contribution >= 0.6 is 0 Å². The van der Waals surface area contributed by atoms with Crippen LogP contribution in [0.4, 0.5) is 28.9 Å². The van der Waals surface area contributed by atoms with E-state index in [1.807, 2.05) is 31.9 Å². The zero-order chi connectivity index (χ0) is 29.4. The standard InChI is InChI=1S/C29H37F4N5O2/c1-6-17(2)37-9-7-20(8-10-37)21-11-25(26(13-24(21)30)38-15-18(3)36(5)19(4)16-38)35-28(40)22-14-34-27(39)12-23(22)29(31,32)33/h7,11-14,17-19,22H,6,8-10,15-16H2,1-5H3,(H,35,40)/t17?,18-,19+,22?. The lowest BCUT2D eigenvalue weighted by molar-refractivity contribution is -0.124. The predicted octanol–water partition coefficient (Wildman–Crippen LogP) is 4.90. The molecule has 4 rings (SSSR count). The van der Waals surface area contributed by atoms with Crippen LogP contribution in [0.3, 0.4) is 0 Å². The second kappa shape index (κ2) is 11.8. The van der Waals surface area contributed by atoms with Crippen molar-refractivity contribution in [2.75, 3.05) is 43.4 Å². The molecule has 0 aliphatic carbocycles. The molecule has 218 valence electrons. The minimum Gasteiger partial charge on any atom is -0.367 e. The molecule has 3 heterocycles.